The molecule has 21 heavy (non-hydrogen) atoms. The van der Waals surface area contributed by atoms with E-state index in [1.807, 2.05) is 25.2 Å². The molecule has 3 rings (SSSR count). The molecule has 0 aliphatic rings. The Morgan fingerprint density at radius 2 is 2.05 bits per heavy atom. The highest BCUT2D eigenvalue weighted by Crippen LogP contribution is 2.28. The first kappa shape index (κ1) is 13.6. The van der Waals surface area contributed by atoms with Crippen molar-refractivity contribution < 1.29 is 9.26 Å². The van der Waals surface area contributed by atoms with Gasteiger partial charge in [0.05, 0.1) is 0 Å². The van der Waals surface area contributed by atoms with Crippen LogP contribution in [0.25, 0.3) is 10.8 Å². The Labute approximate surface area is 122 Å². The predicted octanol–water partition coefficient (Wildman–Crippen LogP) is 2.83. The van der Waals surface area contributed by atoms with Crippen LogP contribution in [0.15, 0.2) is 40.9 Å². The molecule has 2 aromatic carbocycles. The summed E-state index contributed by atoms with van der Waals surface area (Å²) in [5, 5.41) is 9.42. The third-order valence-corrected chi connectivity index (χ3v) is 3.28. The normalized spacial score (nSPS) is 11.0. The highest BCUT2D eigenvalue weighted by Gasteiger charge is 2.10. The summed E-state index contributed by atoms with van der Waals surface area (Å²) >= 11 is 0. The fourth-order valence-electron chi connectivity index (χ4n) is 2.35. The fraction of sp³-hybridized carbons (Fsp3) is 0.250. The van der Waals surface area contributed by atoms with E-state index in [0.717, 1.165) is 17.9 Å². The lowest BCUT2D eigenvalue weighted by atomic mass is 10.0. The molecule has 0 amide bonds. The lowest BCUT2D eigenvalue weighted by molar-refractivity contribution is 0.283. The molecule has 3 aromatic rings. The number of hydrogen-bond donors (Lipinski definition) is 1. The van der Waals surface area contributed by atoms with Gasteiger partial charge in [-0.3, -0.25) is 0 Å². The molecule has 0 spiro atoms. The Hall–Kier alpha value is -2.40. The molecule has 108 valence electrons. The maximum atomic E-state index is 5.87. The van der Waals surface area contributed by atoms with Gasteiger partial charge in [0.25, 0.3) is 0 Å². The monoisotopic (exact) mass is 283 g/mol. The summed E-state index contributed by atoms with van der Waals surface area (Å²) in [6, 6.07) is 12.3. The standard InChI is InChI=1S/C16H17N3O2/c1-11-18-16(19-21-11)10-20-15-8-7-12-5-3-4-6-13(12)14(15)9-17-2/h3-8,17H,9-10H2,1-2H3. The summed E-state index contributed by atoms with van der Waals surface area (Å²) in [5.41, 5.74) is 1.14. The zero-order chi connectivity index (χ0) is 14.7. The van der Waals surface area contributed by atoms with E-state index in [4.69, 9.17) is 9.26 Å². The second-order valence-corrected chi connectivity index (χ2v) is 4.81. The molecule has 0 unspecified atom stereocenters. The SMILES string of the molecule is CNCc1c(OCc2noc(C)n2)ccc2ccccc12. The van der Waals surface area contributed by atoms with Crippen LogP contribution in [0, 0.1) is 6.92 Å². The van der Waals surface area contributed by atoms with Crippen LogP contribution < -0.4 is 10.1 Å². The van der Waals surface area contributed by atoms with Gasteiger partial charge in [0, 0.05) is 19.0 Å². The Morgan fingerprint density at radius 3 is 2.81 bits per heavy atom. The number of aromatic nitrogens is 2. The Bertz CT molecular complexity index is 752. The first-order valence-electron chi connectivity index (χ1n) is 6.85. The summed E-state index contributed by atoms with van der Waals surface area (Å²) in [6.45, 7) is 2.80. The third kappa shape index (κ3) is 2.87. The van der Waals surface area contributed by atoms with Gasteiger partial charge >= 0.3 is 0 Å². The van der Waals surface area contributed by atoms with Crippen LogP contribution in [0.1, 0.15) is 17.3 Å². The third-order valence-electron chi connectivity index (χ3n) is 3.28. The minimum absolute atomic E-state index is 0.298. The lowest BCUT2D eigenvalue weighted by Crippen LogP contribution is -2.08. The second-order valence-electron chi connectivity index (χ2n) is 4.81. The zero-order valence-corrected chi connectivity index (χ0v) is 12.1. The van der Waals surface area contributed by atoms with Crippen molar-refractivity contribution in [3.63, 3.8) is 0 Å². The summed E-state index contributed by atoms with van der Waals surface area (Å²) in [6.07, 6.45) is 0. The van der Waals surface area contributed by atoms with Gasteiger partial charge in [0.1, 0.15) is 5.75 Å². The van der Waals surface area contributed by atoms with Gasteiger partial charge < -0.3 is 14.6 Å². The van der Waals surface area contributed by atoms with Gasteiger partial charge in [-0.05, 0) is 23.9 Å². The van der Waals surface area contributed by atoms with Crippen molar-refractivity contribution in [2.24, 2.45) is 0 Å². The molecular formula is C16H17N3O2. The second kappa shape index (κ2) is 5.93. The average molecular weight is 283 g/mol. The van der Waals surface area contributed by atoms with E-state index < -0.39 is 0 Å². The molecule has 1 N–H and O–H groups in total. The molecule has 5 nitrogen and oxygen atoms in total. The molecule has 0 atom stereocenters. The number of rotatable bonds is 5. The summed E-state index contributed by atoms with van der Waals surface area (Å²) in [7, 11) is 1.92. The maximum Gasteiger partial charge on any atom is 0.223 e. The van der Waals surface area contributed by atoms with Gasteiger partial charge in [-0.25, -0.2) is 0 Å². The van der Waals surface area contributed by atoms with E-state index >= 15 is 0 Å². The molecular weight excluding hydrogens is 266 g/mol. The minimum atomic E-state index is 0.298. The van der Waals surface area contributed by atoms with Gasteiger partial charge in [-0.1, -0.05) is 35.5 Å². The van der Waals surface area contributed by atoms with Crippen molar-refractivity contribution in [1.82, 2.24) is 15.5 Å². The maximum absolute atomic E-state index is 5.87. The molecule has 0 saturated carbocycles. The van der Waals surface area contributed by atoms with Gasteiger partial charge in [0.15, 0.2) is 6.61 Å². The Morgan fingerprint density at radius 1 is 1.19 bits per heavy atom. The molecule has 5 heteroatoms. The smallest absolute Gasteiger partial charge is 0.223 e. The molecule has 1 heterocycles. The first-order chi connectivity index (χ1) is 10.3. The molecule has 0 saturated heterocycles. The van der Waals surface area contributed by atoms with E-state index in [0.29, 0.717) is 18.3 Å². The van der Waals surface area contributed by atoms with E-state index in [-0.39, 0.29) is 0 Å². The van der Waals surface area contributed by atoms with Crippen molar-refractivity contribution in [3.8, 4) is 5.75 Å². The van der Waals surface area contributed by atoms with Crippen LogP contribution >= 0.6 is 0 Å². The number of nitrogens with one attached hydrogen (secondary N) is 1. The van der Waals surface area contributed by atoms with Crippen LogP contribution in [-0.2, 0) is 13.2 Å². The van der Waals surface area contributed by atoms with Crippen molar-refractivity contribution in [2.75, 3.05) is 7.05 Å². The first-order valence-corrected chi connectivity index (χ1v) is 6.85. The number of hydrogen-bond acceptors (Lipinski definition) is 5. The lowest BCUT2D eigenvalue weighted by Gasteiger charge is -2.13. The molecule has 0 radical (unpaired) electrons. The predicted molar refractivity (Wildman–Crippen MR) is 80.1 cm³/mol. The number of fused-ring (bicyclic) bond motifs is 1. The zero-order valence-electron chi connectivity index (χ0n) is 12.1. The number of aryl methyl sites for hydroxylation is 1. The van der Waals surface area contributed by atoms with E-state index in [9.17, 15) is 0 Å². The van der Waals surface area contributed by atoms with E-state index in [1.165, 1.54) is 10.8 Å². The highest BCUT2D eigenvalue weighted by atomic mass is 16.5. The highest BCUT2D eigenvalue weighted by molar-refractivity contribution is 5.87. The number of nitrogens with zero attached hydrogens (tertiary/aromatic N) is 2. The summed E-state index contributed by atoms with van der Waals surface area (Å²) in [5.74, 6) is 1.93. The topological polar surface area (TPSA) is 60.2 Å². The fourth-order valence-corrected chi connectivity index (χ4v) is 2.35. The van der Waals surface area contributed by atoms with Crippen molar-refractivity contribution in [3.05, 3.63) is 53.7 Å². The molecule has 1 aromatic heterocycles. The van der Waals surface area contributed by atoms with Crippen LogP contribution in [0.4, 0.5) is 0 Å². The largest absolute Gasteiger partial charge is 0.485 e. The summed E-state index contributed by atoms with van der Waals surface area (Å²) in [4.78, 5) is 4.15. The number of ether oxygens (including phenoxy) is 1. The van der Waals surface area contributed by atoms with E-state index in [2.05, 4.69) is 33.7 Å². The Balaban J connectivity index is 1.91. The van der Waals surface area contributed by atoms with Crippen molar-refractivity contribution >= 4 is 10.8 Å². The van der Waals surface area contributed by atoms with Gasteiger partial charge in [-0.2, -0.15) is 4.98 Å². The van der Waals surface area contributed by atoms with Crippen molar-refractivity contribution in [1.29, 1.82) is 0 Å². The van der Waals surface area contributed by atoms with E-state index in [1.54, 1.807) is 6.92 Å². The van der Waals surface area contributed by atoms with Crippen LogP contribution in [0.2, 0.25) is 0 Å². The minimum Gasteiger partial charge on any atom is -0.485 e. The average Bonchev–Trinajstić information content (AvgIpc) is 2.92. The van der Waals surface area contributed by atoms with Gasteiger partial charge in [-0.15, -0.1) is 0 Å². The quantitative estimate of drug-likeness (QED) is 0.780. The molecule has 0 fully saturated rings. The van der Waals surface area contributed by atoms with Crippen LogP contribution in [-0.4, -0.2) is 17.2 Å². The van der Waals surface area contributed by atoms with Crippen LogP contribution in [0.5, 0.6) is 5.75 Å². The van der Waals surface area contributed by atoms with Gasteiger partial charge in [0.2, 0.25) is 11.7 Å². The Kier molecular flexibility index (Phi) is 3.83. The summed E-state index contributed by atoms with van der Waals surface area (Å²) < 4.78 is 10.8. The van der Waals surface area contributed by atoms with Crippen LogP contribution in [0.3, 0.4) is 0 Å². The molecule has 0 bridgehead atoms. The van der Waals surface area contributed by atoms with Crippen molar-refractivity contribution in [2.45, 2.75) is 20.1 Å². The molecule has 0 aliphatic heterocycles. The number of benzene rings is 2. The molecule has 0 aliphatic carbocycles.